The largest absolute Gasteiger partial charge is 0.344 e. The quantitative estimate of drug-likeness (QED) is 0.282. The van der Waals surface area contributed by atoms with Crippen LogP contribution in [0.15, 0.2) is 64.8 Å². The standard InChI is InChI=1S/C18H13N5O2S2/c1-11-6-8-12(9-7-11)26-17-15(23(24)25)16(19-10-20-17)22-18-21-13-4-2-3-5-14(13)27-18/h2-10H,1H3,(H,19,20,21,22). The SMILES string of the molecule is Cc1ccc(Sc2ncnc(Nc3nc4ccccc4s3)c2[N+](=O)[O-])cc1. The van der Waals surface area contributed by atoms with Gasteiger partial charge in [-0.1, -0.05) is 52.9 Å². The average molecular weight is 395 g/mol. The van der Waals surface area contributed by atoms with E-state index < -0.39 is 4.92 Å². The lowest BCUT2D eigenvalue weighted by Gasteiger charge is -2.06. The van der Waals surface area contributed by atoms with E-state index in [0.29, 0.717) is 5.13 Å². The number of benzene rings is 2. The van der Waals surface area contributed by atoms with Crippen molar-refractivity contribution in [2.75, 3.05) is 5.32 Å². The lowest BCUT2D eigenvalue weighted by Crippen LogP contribution is -2.02. The van der Waals surface area contributed by atoms with E-state index in [9.17, 15) is 10.1 Å². The van der Waals surface area contributed by atoms with Gasteiger partial charge < -0.3 is 5.32 Å². The van der Waals surface area contributed by atoms with Gasteiger partial charge in [0, 0.05) is 4.90 Å². The lowest BCUT2D eigenvalue weighted by atomic mass is 10.2. The fraction of sp³-hybridized carbons (Fsp3) is 0.0556. The summed E-state index contributed by atoms with van der Waals surface area (Å²) in [6.45, 7) is 1.99. The van der Waals surface area contributed by atoms with Gasteiger partial charge in [0.25, 0.3) is 0 Å². The van der Waals surface area contributed by atoms with Crippen LogP contribution in [0.3, 0.4) is 0 Å². The summed E-state index contributed by atoms with van der Waals surface area (Å²) in [6, 6.07) is 15.4. The van der Waals surface area contributed by atoms with Gasteiger partial charge >= 0.3 is 5.69 Å². The number of nitrogens with zero attached hydrogens (tertiary/aromatic N) is 4. The molecule has 7 nitrogen and oxygen atoms in total. The van der Waals surface area contributed by atoms with Crippen LogP contribution in [0.1, 0.15) is 5.56 Å². The van der Waals surface area contributed by atoms with Crippen molar-refractivity contribution >= 4 is 50.0 Å². The van der Waals surface area contributed by atoms with Crippen LogP contribution in [0, 0.1) is 17.0 Å². The number of aromatic nitrogens is 3. The normalized spacial score (nSPS) is 10.9. The Bertz CT molecular complexity index is 1100. The molecule has 0 atom stereocenters. The first-order valence-electron chi connectivity index (χ1n) is 7.96. The molecule has 0 aliphatic rings. The van der Waals surface area contributed by atoms with Gasteiger partial charge in [0.15, 0.2) is 10.2 Å². The van der Waals surface area contributed by atoms with Gasteiger partial charge in [0.1, 0.15) is 6.33 Å². The Hall–Kier alpha value is -3.04. The molecule has 9 heteroatoms. The van der Waals surface area contributed by atoms with Crippen LogP contribution < -0.4 is 5.32 Å². The Labute approximate surface area is 162 Å². The first-order chi connectivity index (χ1) is 13.1. The second kappa shape index (κ2) is 7.29. The zero-order valence-corrected chi connectivity index (χ0v) is 15.8. The van der Waals surface area contributed by atoms with Crippen molar-refractivity contribution in [2.45, 2.75) is 16.8 Å². The molecule has 27 heavy (non-hydrogen) atoms. The third kappa shape index (κ3) is 3.74. The third-order valence-electron chi connectivity index (χ3n) is 3.73. The predicted octanol–water partition coefficient (Wildman–Crippen LogP) is 5.20. The van der Waals surface area contributed by atoms with E-state index in [1.54, 1.807) is 0 Å². The summed E-state index contributed by atoms with van der Waals surface area (Å²) in [7, 11) is 0. The topological polar surface area (TPSA) is 93.8 Å². The van der Waals surface area contributed by atoms with Crippen LogP contribution in [0.2, 0.25) is 0 Å². The van der Waals surface area contributed by atoms with Crippen molar-refractivity contribution in [3.8, 4) is 0 Å². The predicted molar refractivity (Wildman–Crippen MR) is 107 cm³/mol. The molecule has 0 amide bonds. The Morgan fingerprint density at radius 3 is 2.63 bits per heavy atom. The van der Waals surface area contributed by atoms with Crippen molar-refractivity contribution in [1.82, 2.24) is 15.0 Å². The molecular weight excluding hydrogens is 382 g/mol. The summed E-state index contributed by atoms with van der Waals surface area (Å²) in [6.07, 6.45) is 1.32. The summed E-state index contributed by atoms with van der Waals surface area (Å²) in [5, 5.41) is 15.5. The highest BCUT2D eigenvalue weighted by molar-refractivity contribution is 7.99. The number of nitrogens with one attached hydrogen (secondary N) is 1. The highest BCUT2D eigenvalue weighted by Crippen LogP contribution is 2.38. The molecule has 2 heterocycles. The molecular formula is C18H13N5O2S2. The summed E-state index contributed by atoms with van der Waals surface area (Å²) in [4.78, 5) is 24.7. The molecule has 4 rings (SSSR count). The van der Waals surface area contributed by atoms with Crippen LogP contribution in [0.5, 0.6) is 0 Å². The number of thiazole rings is 1. The molecule has 4 aromatic rings. The van der Waals surface area contributed by atoms with Gasteiger partial charge in [-0.25, -0.2) is 15.0 Å². The molecule has 0 saturated heterocycles. The van der Waals surface area contributed by atoms with Gasteiger partial charge in [-0.2, -0.15) is 0 Å². The first kappa shape index (κ1) is 17.4. The highest BCUT2D eigenvalue weighted by Gasteiger charge is 2.24. The number of nitro groups is 1. The van der Waals surface area contributed by atoms with Gasteiger partial charge in [-0.3, -0.25) is 10.1 Å². The van der Waals surface area contributed by atoms with Crippen LogP contribution in [0.4, 0.5) is 16.6 Å². The van der Waals surface area contributed by atoms with E-state index in [-0.39, 0.29) is 16.5 Å². The fourth-order valence-electron chi connectivity index (χ4n) is 2.44. The minimum atomic E-state index is -0.466. The van der Waals surface area contributed by atoms with Crippen LogP contribution in [-0.2, 0) is 0 Å². The molecule has 0 radical (unpaired) electrons. The number of rotatable bonds is 5. The molecule has 2 aromatic heterocycles. The van der Waals surface area contributed by atoms with Crippen molar-refractivity contribution < 1.29 is 4.92 Å². The summed E-state index contributed by atoms with van der Waals surface area (Å²) >= 11 is 2.64. The summed E-state index contributed by atoms with van der Waals surface area (Å²) in [5.41, 5.74) is 1.79. The fourth-order valence-corrected chi connectivity index (χ4v) is 4.17. The summed E-state index contributed by atoms with van der Waals surface area (Å²) in [5.74, 6) is 0.128. The lowest BCUT2D eigenvalue weighted by molar-refractivity contribution is -0.387. The number of hydrogen-bond acceptors (Lipinski definition) is 8. The van der Waals surface area contributed by atoms with Crippen molar-refractivity contribution in [1.29, 1.82) is 0 Å². The van der Waals surface area contributed by atoms with Crippen LogP contribution in [-0.4, -0.2) is 19.9 Å². The first-order valence-corrected chi connectivity index (χ1v) is 9.60. The summed E-state index contributed by atoms with van der Waals surface area (Å²) < 4.78 is 0.992. The smallest absolute Gasteiger partial charge is 0.310 e. The maximum absolute atomic E-state index is 11.7. The molecule has 0 aliphatic carbocycles. The maximum atomic E-state index is 11.7. The number of anilines is 2. The molecule has 1 N–H and O–H groups in total. The molecule has 0 spiro atoms. The molecule has 0 aliphatic heterocycles. The number of fused-ring (bicyclic) bond motifs is 1. The van der Waals surface area contributed by atoms with E-state index >= 15 is 0 Å². The molecule has 2 aromatic carbocycles. The molecule has 0 bridgehead atoms. The Morgan fingerprint density at radius 2 is 1.89 bits per heavy atom. The maximum Gasteiger partial charge on any atom is 0.344 e. The zero-order valence-electron chi connectivity index (χ0n) is 14.1. The molecule has 134 valence electrons. The van der Waals surface area contributed by atoms with E-state index in [1.165, 1.54) is 29.4 Å². The van der Waals surface area contributed by atoms with Crippen molar-refractivity contribution in [2.24, 2.45) is 0 Å². The van der Waals surface area contributed by atoms with Gasteiger partial charge in [-0.05, 0) is 31.2 Å². The van der Waals surface area contributed by atoms with E-state index in [2.05, 4.69) is 20.3 Å². The number of para-hydroxylation sites is 1. The van der Waals surface area contributed by atoms with Crippen LogP contribution >= 0.6 is 23.1 Å². The van der Waals surface area contributed by atoms with Gasteiger partial charge in [0.05, 0.1) is 15.1 Å². The van der Waals surface area contributed by atoms with Gasteiger partial charge in [0.2, 0.25) is 5.82 Å². The number of aryl methyl sites for hydroxylation is 1. The highest BCUT2D eigenvalue weighted by atomic mass is 32.2. The van der Waals surface area contributed by atoms with Crippen molar-refractivity contribution in [3.63, 3.8) is 0 Å². The zero-order chi connectivity index (χ0) is 18.8. The van der Waals surface area contributed by atoms with Gasteiger partial charge in [-0.15, -0.1) is 0 Å². The van der Waals surface area contributed by atoms with Crippen molar-refractivity contribution in [3.05, 3.63) is 70.5 Å². The Kier molecular flexibility index (Phi) is 4.69. The Balaban J connectivity index is 1.69. The average Bonchev–Trinajstić information content (AvgIpc) is 3.06. The van der Waals surface area contributed by atoms with E-state index in [1.807, 2.05) is 55.5 Å². The number of hydrogen-bond donors (Lipinski definition) is 1. The second-order valence-electron chi connectivity index (χ2n) is 5.66. The molecule has 0 unspecified atom stereocenters. The Morgan fingerprint density at radius 1 is 1.11 bits per heavy atom. The van der Waals surface area contributed by atoms with E-state index in [0.717, 1.165) is 20.7 Å². The molecule has 0 fully saturated rings. The van der Waals surface area contributed by atoms with E-state index in [4.69, 9.17) is 0 Å². The third-order valence-corrected chi connectivity index (χ3v) is 5.68. The second-order valence-corrected chi connectivity index (χ2v) is 7.75. The molecule has 0 saturated carbocycles. The van der Waals surface area contributed by atoms with Crippen LogP contribution in [0.25, 0.3) is 10.2 Å². The minimum absolute atomic E-state index is 0.128. The monoisotopic (exact) mass is 395 g/mol. The minimum Gasteiger partial charge on any atom is -0.310 e.